The second-order valence-corrected chi connectivity index (χ2v) is 6.40. The molecule has 2 N–H and O–H groups in total. The molecule has 25 heavy (non-hydrogen) atoms. The molecule has 0 unspecified atom stereocenters. The average Bonchev–Trinajstić information content (AvgIpc) is 2.63. The average molecular weight is 337 g/mol. The highest BCUT2D eigenvalue weighted by Crippen LogP contribution is 2.16. The van der Waals surface area contributed by atoms with Crippen molar-refractivity contribution >= 4 is 17.4 Å². The Hall–Kier alpha value is -2.66. The standard InChI is InChI=1S/C20H23N3O2/c1-15(24)19-5-3-2-4-17(19)14-22-10-12-23(13-11-22)20(25)16-6-8-18(21)9-7-16/h2-9H,10-14,21H2,1H3. The first-order chi connectivity index (χ1) is 12.0. The van der Waals surface area contributed by atoms with Gasteiger partial charge in [0.1, 0.15) is 0 Å². The van der Waals surface area contributed by atoms with Crippen molar-refractivity contribution in [1.29, 1.82) is 0 Å². The van der Waals surface area contributed by atoms with E-state index in [1.165, 1.54) is 0 Å². The number of nitrogens with two attached hydrogens (primary N) is 1. The molecule has 2 aromatic rings. The van der Waals surface area contributed by atoms with Gasteiger partial charge in [-0.3, -0.25) is 14.5 Å². The molecule has 1 aliphatic rings. The quantitative estimate of drug-likeness (QED) is 0.687. The molecule has 1 heterocycles. The van der Waals surface area contributed by atoms with Gasteiger partial charge in [-0.25, -0.2) is 0 Å². The zero-order valence-corrected chi connectivity index (χ0v) is 14.4. The number of anilines is 1. The number of piperazine rings is 1. The van der Waals surface area contributed by atoms with Gasteiger partial charge < -0.3 is 10.6 Å². The van der Waals surface area contributed by atoms with Crippen LogP contribution in [0.4, 0.5) is 5.69 Å². The first-order valence-electron chi connectivity index (χ1n) is 8.50. The summed E-state index contributed by atoms with van der Waals surface area (Å²) in [6.45, 7) is 5.30. The van der Waals surface area contributed by atoms with Crippen LogP contribution in [0.15, 0.2) is 48.5 Å². The van der Waals surface area contributed by atoms with Crippen LogP contribution in [0, 0.1) is 0 Å². The lowest BCUT2D eigenvalue weighted by molar-refractivity contribution is 0.0628. The number of hydrogen-bond donors (Lipinski definition) is 1. The van der Waals surface area contributed by atoms with Gasteiger partial charge in [-0.1, -0.05) is 24.3 Å². The highest BCUT2D eigenvalue weighted by atomic mass is 16.2. The predicted molar refractivity (Wildman–Crippen MR) is 98.5 cm³/mol. The molecule has 1 aliphatic heterocycles. The minimum absolute atomic E-state index is 0.0452. The van der Waals surface area contributed by atoms with Crippen LogP contribution in [0.5, 0.6) is 0 Å². The normalized spacial score (nSPS) is 15.2. The number of benzene rings is 2. The van der Waals surface area contributed by atoms with E-state index in [1.807, 2.05) is 29.2 Å². The van der Waals surface area contributed by atoms with Crippen LogP contribution in [0.25, 0.3) is 0 Å². The Balaban J connectivity index is 1.60. The molecule has 1 amide bonds. The molecular formula is C20H23N3O2. The van der Waals surface area contributed by atoms with E-state index in [-0.39, 0.29) is 11.7 Å². The van der Waals surface area contributed by atoms with Crippen molar-refractivity contribution in [2.75, 3.05) is 31.9 Å². The van der Waals surface area contributed by atoms with Crippen molar-refractivity contribution in [3.8, 4) is 0 Å². The molecule has 130 valence electrons. The lowest BCUT2D eigenvalue weighted by atomic mass is 10.0. The molecule has 0 atom stereocenters. The number of hydrogen-bond acceptors (Lipinski definition) is 4. The van der Waals surface area contributed by atoms with Gasteiger partial charge in [0.05, 0.1) is 0 Å². The third-order valence-electron chi connectivity index (χ3n) is 4.61. The van der Waals surface area contributed by atoms with Crippen molar-refractivity contribution in [2.24, 2.45) is 0 Å². The van der Waals surface area contributed by atoms with E-state index in [1.54, 1.807) is 31.2 Å². The summed E-state index contributed by atoms with van der Waals surface area (Å²) in [5.74, 6) is 0.136. The SMILES string of the molecule is CC(=O)c1ccccc1CN1CCN(C(=O)c2ccc(N)cc2)CC1. The second-order valence-electron chi connectivity index (χ2n) is 6.40. The number of ketones is 1. The third-order valence-corrected chi connectivity index (χ3v) is 4.61. The first-order valence-corrected chi connectivity index (χ1v) is 8.50. The largest absolute Gasteiger partial charge is 0.399 e. The minimum Gasteiger partial charge on any atom is -0.399 e. The molecule has 0 aromatic heterocycles. The molecule has 5 nitrogen and oxygen atoms in total. The number of Topliss-reactive ketones (excluding diaryl/α,β-unsaturated/α-hetero) is 1. The van der Waals surface area contributed by atoms with E-state index in [0.717, 1.165) is 30.8 Å². The van der Waals surface area contributed by atoms with Crippen LogP contribution < -0.4 is 5.73 Å². The molecule has 1 fully saturated rings. The molecule has 0 aliphatic carbocycles. The van der Waals surface area contributed by atoms with E-state index in [0.29, 0.717) is 24.3 Å². The van der Waals surface area contributed by atoms with Crippen LogP contribution >= 0.6 is 0 Å². The third kappa shape index (κ3) is 4.06. The Bertz CT molecular complexity index is 763. The van der Waals surface area contributed by atoms with E-state index < -0.39 is 0 Å². The molecule has 1 saturated heterocycles. The van der Waals surface area contributed by atoms with Gasteiger partial charge in [-0.15, -0.1) is 0 Å². The Labute approximate surface area is 148 Å². The number of carbonyl (C=O) groups excluding carboxylic acids is 2. The summed E-state index contributed by atoms with van der Waals surface area (Å²) in [6, 6.07) is 14.8. The molecule has 0 saturated carbocycles. The monoisotopic (exact) mass is 337 g/mol. The fourth-order valence-corrected chi connectivity index (χ4v) is 3.16. The van der Waals surface area contributed by atoms with Gasteiger partial charge in [-0.05, 0) is 36.8 Å². The van der Waals surface area contributed by atoms with Gasteiger partial charge in [0.2, 0.25) is 0 Å². The number of nitrogens with zero attached hydrogens (tertiary/aromatic N) is 2. The van der Waals surface area contributed by atoms with Gasteiger partial charge >= 0.3 is 0 Å². The maximum Gasteiger partial charge on any atom is 0.253 e. The van der Waals surface area contributed by atoms with Gasteiger partial charge in [0.15, 0.2) is 5.78 Å². The maximum atomic E-state index is 12.5. The topological polar surface area (TPSA) is 66.6 Å². The van der Waals surface area contributed by atoms with Crippen LogP contribution in [-0.2, 0) is 6.54 Å². The summed E-state index contributed by atoms with van der Waals surface area (Å²) < 4.78 is 0. The zero-order chi connectivity index (χ0) is 17.8. The summed E-state index contributed by atoms with van der Waals surface area (Å²) in [5, 5.41) is 0. The number of amides is 1. The van der Waals surface area contributed by atoms with E-state index in [2.05, 4.69) is 4.90 Å². The fraction of sp³-hybridized carbons (Fsp3) is 0.300. The highest BCUT2D eigenvalue weighted by Gasteiger charge is 2.22. The van der Waals surface area contributed by atoms with E-state index in [9.17, 15) is 9.59 Å². The second kappa shape index (κ2) is 7.49. The summed E-state index contributed by atoms with van der Waals surface area (Å²) in [6.07, 6.45) is 0. The Morgan fingerprint density at radius 3 is 2.24 bits per heavy atom. The molecular weight excluding hydrogens is 314 g/mol. The lowest BCUT2D eigenvalue weighted by Gasteiger charge is -2.35. The minimum atomic E-state index is 0.0452. The van der Waals surface area contributed by atoms with Crippen LogP contribution in [0.2, 0.25) is 0 Å². The first kappa shape index (κ1) is 17.2. The Morgan fingerprint density at radius 2 is 1.60 bits per heavy atom. The number of rotatable bonds is 4. The van der Waals surface area contributed by atoms with Crippen LogP contribution in [0.1, 0.15) is 33.2 Å². The van der Waals surface area contributed by atoms with Crippen LogP contribution in [0.3, 0.4) is 0 Å². The summed E-state index contributed by atoms with van der Waals surface area (Å²) in [4.78, 5) is 28.5. The fourth-order valence-electron chi connectivity index (χ4n) is 3.16. The number of carbonyl (C=O) groups is 2. The van der Waals surface area contributed by atoms with Gasteiger partial charge in [0, 0.05) is 49.5 Å². The Morgan fingerprint density at radius 1 is 0.960 bits per heavy atom. The van der Waals surface area contributed by atoms with E-state index in [4.69, 9.17) is 5.73 Å². The van der Waals surface area contributed by atoms with Gasteiger partial charge in [0.25, 0.3) is 5.91 Å². The predicted octanol–water partition coefficient (Wildman–Crippen LogP) is 2.43. The molecule has 2 aromatic carbocycles. The smallest absolute Gasteiger partial charge is 0.253 e. The zero-order valence-electron chi connectivity index (χ0n) is 14.4. The van der Waals surface area contributed by atoms with Crippen molar-refractivity contribution in [1.82, 2.24) is 9.80 Å². The maximum absolute atomic E-state index is 12.5. The lowest BCUT2D eigenvalue weighted by Crippen LogP contribution is -2.48. The van der Waals surface area contributed by atoms with Crippen LogP contribution in [-0.4, -0.2) is 47.7 Å². The summed E-state index contributed by atoms with van der Waals surface area (Å²) in [7, 11) is 0. The van der Waals surface area contributed by atoms with Crippen molar-refractivity contribution in [3.63, 3.8) is 0 Å². The van der Waals surface area contributed by atoms with Gasteiger partial charge in [-0.2, -0.15) is 0 Å². The van der Waals surface area contributed by atoms with Crippen molar-refractivity contribution < 1.29 is 9.59 Å². The summed E-state index contributed by atoms with van der Waals surface area (Å²) >= 11 is 0. The highest BCUT2D eigenvalue weighted by molar-refractivity contribution is 5.95. The van der Waals surface area contributed by atoms with E-state index >= 15 is 0 Å². The Kier molecular flexibility index (Phi) is 5.14. The molecule has 3 rings (SSSR count). The molecule has 5 heteroatoms. The molecule has 0 bridgehead atoms. The van der Waals surface area contributed by atoms with Crippen molar-refractivity contribution in [3.05, 3.63) is 65.2 Å². The van der Waals surface area contributed by atoms with Crippen molar-refractivity contribution in [2.45, 2.75) is 13.5 Å². The molecule has 0 radical (unpaired) electrons. The summed E-state index contributed by atoms with van der Waals surface area (Å²) in [5.41, 5.74) is 8.83. The molecule has 0 spiro atoms. The number of nitrogen functional groups attached to an aromatic ring is 1.